The van der Waals surface area contributed by atoms with Gasteiger partial charge in [0, 0.05) is 5.70 Å². The lowest BCUT2D eigenvalue weighted by atomic mass is 10.6. The fraction of sp³-hybridized carbons (Fsp3) is 0.250. The Hall–Kier alpha value is -0.990. The van der Waals surface area contributed by atoms with Gasteiger partial charge in [-0.1, -0.05) is 0 Å². The van der Waals surface area contributed by atoms with Crippen molar-refractivity contribution in [3.63, 3.8) is 0 Å². The van der Waals surface area contributed by atoms with Crippen molar-refractivity contribution in [1.29, 1.82) is 0 Å². The van der Waals surface area contributed by atoms with Gasteiger partial charge in [0.05, 0.1) is 0 Å². The smallest absolute Gasteiger partial charge is 0.232 e. The first-order valence-corrected chi connectivity index (χ1v) is 1.99. The number of hydrogen-bond acceptors (Lipinski definition) is 1. The van der Waals surface area contributed by atoms with Crippen molar-refractivity contribution in [3.8, 4) is 0 Å². The monoisotopic (exact) mass is 100 g/mol. The summed E-state index contributed by atoms with van der Waals surface area (Å²) in [6.45, 7) is 1.77. The summed E-state index contributed by atoms with van der Waals surface area (Å²) in [5.41, 5.74) is 10.9. The van der Waals surface area contributed by atoms with E-state index in [9.17, 15) is 0 Å². The van der Waals surface area contributed by atoms with Gasteiger partial charge in [-0.2, -0.15) is 0 Å². The molecule has 0 aromatic heterocycles. The van der Waals surface area contributed by atoms with Crippen molar-refractivity contribution in [2.24, 2.45) is 11.5 Å². The molecular weight excluding hydrogens is 90.1 g/mol. The van der Waals surface area contributed by atoms with Gasteiger partial charge in [0.25, 0.3) is 0 Å². The first kappa shape index (κ1) is 6.01. The van der Waals surface area contributed by atoms with Crippen molar-refractivity contribution >= 4 is 6.34 Å². The maximum absolute atomic E-state index is 5.20. The number of rotatable bonds is 1. The Morgan fingerprint density at radius 1 is 1.71 bits per heavy atom. The van der Waals surface area contributed by atoms with Crippen LogP contribution < -0.4 is 16.5 Å². The van der Waals surface area contributed by atoms with Crippen molar-refractivity contribution in [2.75, 3.05) is 0 Å². The van der Waals surface area contributed by atoms with Gasteiger partial charge < -0.3 is 5.73 Å². The Labute approximate surface area is 42.7 Å². The molecule has 0 aromatic carbocycles. The van der Waals surface area contributed by atoms with Crippen LogP contribution >= 0.6 is 0 Å². The fourth-order valence-corrected chi connectivity index (χ4v) is 0.180. The zero-order valence-electron chi connectivity index (χ0n) is 4.31. The maximum atomic E-state index is 5.20. The van der Waals surface area contributed by atoms with E-state index in [0.717, 1.165) is 0 Å². The average molecular weight is 100 g/mol. The predicted octanol–water partition coefficient (Wildman–Crippen LogP) is -2.13. The third kappa shape index (κ3) is 5.01. The van der Waals surface area contributed by atoms with Crippen molar-refractivity contribution < 1.29 is 4.99 Å². The molecule has 0 unspecified atom stereocenters. The molecule has 0 aromatic rings. The number of nitrogens with two attached hydrogens (primary N) is 2. The lowest BCUT2D eigenvalue weighted by Crippen LogP contribution is -2.63. The molecule has 5 N–H and O–H groups in total. The quantitative estimate of drug-likeness (QED) is 0.260. The van der Waals surface area contributed by atoms with Crippen molar-refractivity contribution in [3.05, 3.63) is 11.9 Å². The summed E-state index contributed by atoms with van der Waals surface area (Å²) in [4.78, 5) is 2.61. The molecule has 0 saturated heterocycles. The Kier molecular flexibility index (Phi) is 2.76. The first-order valence-electron chi connectivity index (χ1n) is 1.99. The summed E-state index contributed by atoms with van der Waals surface area (Å²) in [6, 6.07) is 0. The third-order valence-electron chi connectivity index (χ3n) is 0.407. The van der Waals surface area contributed by atoms with Gasteiger partial charge in [-0.25, -0.2) is 0 Å². The third-order valence-corrected chi connectivity index (χ3v) is 0.407. The summed E-state index contributed by atoms with van der Waals surface area (Å²) in [7, 11) is 0. The largest absolute Gasteiger partial charge is 0.399 e. The van der Waals surface area contributed by atoms with E-state index in [-0.39, 0.29) is 0 Å². The molecule has 0 rings (SSSR count). The molecule has 0 heterocycles. The molecule has 0 radical (unpaired) electrons. The number of allylic oxidation sites excluding steroid dienone is 1. The van der Waals surface area contributed by atoms with Gasteiger partial charge in [-0.3, -0.25) is 10.7 Å². The van der Waals surface area contributed by atoms with Gasteiger partial charge in [0.15, 0.2) is 0 Å². The molecule has 0 bridgehead atoms. The van der Waals surface area contributed by atoms with Crippen LogP contribution in [0, 0.1) is 0 Å². The van der Waals surface area contributed by atoms with Crippen LogP contribution in [0.4, 0.5) is 0 Å². The number of nitrogens with one attached hydrogen (secondary N) is 1. The van der Waals surface area contributed by atoms with E-state index >= 15 is 0 Å². The molecule has 0 fully saturated rings. The Morgan fingerprint density at radius 3 is 2.43 bits per heavy atom. The fourth-order valence-electron chi connectivity index (χ4n) is 0.180. The van der Waals surface area contributed by atoms with Gasteiger partial charge in [-0.05, 0) is 6.92 Å². The molecule has 0 saturated carbocycles. The maximum Gasteiger partial charge on any atom is 0.232 e. The van der Waals surface area contributed by atoms with Crippen LogP contribution in [0.15, 0.2) is 11.9 Å². The standard InChI is InChI=1S/C4H9N3/c1-4(6)2-7-3-5/h2-3H,6H2,1H3,(H2,5,7)/p+1. The van der Waals surface area contributed by atoms with E-state index in [1.165, 1.54) is 6.34 Å². The van der Waals surface area contributed by atoms with Gasteiger partial charge in [-0.15, -0.1) is 0 Å². The molecule has 0 amide bonds. The summed E-state index contributed by atoms with van der Waals surface area (Å²) in [5, 5.41) is 0. The summed E-state index contributed by atoms with van der Waals surface area (Å²) < 4.78 is 0. The molecule has 0 aliphatic heterocycles. The second kappa shape index (κ2) is 3.21. The van der Waals surface area contributed by atoms with Crippen LogP contribution in [-0.2, 0) is 0 Å². The predicted molar refractivity (Wildman–Crippen MR) is 29.2 cm³/mol. The minimum Gasteiger partial charge on any atom is -0.399 e. The van der Waals surface area contributed by atoms with E-state index in [2.05, 4.69) is 4.99 Å². The summed E-state index contributed by atoms with van der Waals surface area (Å²) >= 11 is 0. The van der Waals surface area contributed by atoms with E-state index in [0.29, 0.717) is 5.70 Å². The molecule has 0 atom stereocenters. The lowest BCUT2D eigenvalue weighted by molar-refractivity contribution is -0.368. The topological polar surface area (TPSA) is 66.0 Å². The Morgan fingerprint density at radius 2 is 2.29 bits per heavy atom. The van der Waals surface area contributed by atoms with Crippen molar-refractivity contribution in [1.82, 2.24) is 0 Å². The first-order chi connectivity index (χ1) is 3.27. The van der Waals surface area contributed by atoms with Crippen LogP contribution in [0.5, 0.6) is 0 Å². The molecule has 0 aliphatic carbocycles. The highest BCUT2D eigenvalue weighted by atomic mass is 14.8. The molecular formula is C4H10N3+. The molecule has 0 aliphatic rings. The van der Waals surface area contributed by atoms with Crippen LogP contribution in [0.3, 0.4) is 0 Å². The highest BCUT2D eigenvalue weighted by molar-refractivity contribution is 5.43. The number of hydrogen-bond donors (Lipinski definition) is 3. The molecule has 0 spiro atoms. The molecule has 3 heteroatoms. The van der Waals surface area contributed by atoms with Gasteiger partial charge >= 0.3 is 0 Å². The van der Waals surface area contributed by atoms with Gasteiger partial charge in [0.1, 0.15) is 6.20 Å². The average Bonchev–Trinajstić information content (AvgIpc) is 1.61. The normalized spacial score (nSPS) is 13.0. The van der Waals surface area contributed by atoms with E-state index < -0.39 is 0 Å². The second-order valence-corrected chi connectivity index (χ2v) is 1.22. The van der Waals surface area contributed by atoms with Crippen LogP contribution in [0.25, 0.3) is 0 Å². The van der Waals surface area contributed by atoms with Gasteiger partial charge in [0.2, 0.25) is 6.34 Å². The summed E-state index contributed by atoms with van der Waals surface area (Å²) in [5.74, 6) is 0. The zero-order valence-corrected chi connectivity index (χ0v) is 4.31. The molecule has 40 valence electrons. The summed E-state index contributed by atoms with van der Waals surface area (Å²) in [6.07, 6.45) is 2.93. The zero-order chi connectivity index (χ0) is 5.70. The van der Waals surface area contributed by atoms with Crippen LogP contribution in [-0.4, -0.2) is 6.34 Å². The van der Waals surface area contributed by atoms with E-state index in [1.54, 1.807) is 13.1 Å². The van der Waals surface area contributed by atoms with Crippen LogP contribution in [0.1, 0.15) is 6.92 Å². The Bertz CT molecular complexity index is 89.1. The SMILES string of the molecule is CC(N)=C[NH+]=CN. The van der Waals surface area contributed by atoms with Crippen LogP contribution in [0.2, 0.25) is 0 Å². The highest BCUT2D eigenvalue weighted by Gasteiger charge is 1.69. The van der Waals surface area contributed by atoms with Crippen molar-refractivity contribution in [2.45, 2.75) is 6.92 Å². The highest BCUT2D eigenvalue weighted by Crippen LogP contribution is 1.63. The van der Waals surface area contributed by atoms with E-state index in [4.69, 9.17) is 11.5 Å². The molecule has 7 heavy (non-hydrogen) atoms. The minimum atomic E-state index is 0.710. The Balaban J connectivity index is 3.46. The minimum absolute atomic E-state index is 0.710. The lowest BCUT2D eigenvalue weighted by Gasteiger charge is -1.76. The molecule has 3 nitrogen and oxygen atoms in total. The second-order valence-electron chi connectivity index (χ2n) is 1.22. The van der Waals surface area contributed by atoms with E-state index in [1.807, 2.05) is 0 Å².